The first-order valence-corrected chi connectivity index (χ1v) is 7.54. The Morgan fingerprint density at radius 3 is 2.50 bits per heavy atom. The minimum atomic E-state index is -4.72. The first kappa shape index (κ1) is 16.1. The van der Waals surface area contributed by atoms with Crippen molar-refractivity contribution < 1.29 is 23.1 Å². The molecule has 5 nitrogen and oxygen atoms in total. The molecule has 4 rings (SSSR count). The fourth-order valence-electron chi connectivity index (χ4n) is 2.87. The summed E-state index contributed by atoms with van der Waals surface area (Å²) in [6, 6.07) is 14.4. The lowest BCUT2D eigenvalue weighted by Crippen LogP contribution is -2.14. The van der Waals surface area contributed by atoms with Gasteiger partial charge in [0.15, 0.2) is 17.0 Å². The van der Waals surface area contributed by atoms with Gasteiger partial charge in [-0.15, -0.1) is 0 Å². The number of nitrogens with zero attached hydrogens (tertiary/aromatic N) is 3. The number of aromatic nitrogens is 3. The van der Waals surface area contributed by atoms with E-state index in [0.29, 0.717) is 10.1 Å². The molecule has 0 radical (unpaired) electrons. The molecule has 4 aromatic rings. The number of carbonyl (C=O) groups is 1. The molecular formula is C18H10F3N3O2. The highest BCUT2D eigenvalue weighted by Gasteiger charge is 2.35. The van der Waals surface area contributed by atoms with E-state index in [4.69, 9.17) is 5.11 Å². The molecule has 0 aliphatic rings. The van der Waals surface area contributed by atoms with Gasteiger partial charge >= 0.3 is 12.1 Å². The summed E-state index contributed by atoms with van der Waals surface area (Å²) in [5, 5.41) is 14.1. The second-order valence-corrected chi connectivity index (χ2v) is 5.66. The van der Waals surface area contributed by atoms with Crippen molar-refractivity contribution in [3.63, 3.8) is 0 Å². The van der Waals surface area contributed by atoms with E-state index in [1.165, 1.54) is 0 Å². The first-order valence-electron chi connectivity index (χ1n) is 7.54. The predicted octanol–water partition coefficient (Wildman–Crippen LogP) is 4.27. The quantitative estimate of drug-likeness (QED) is 0.582. The van der Waals surface area contributed by atoms with E-state index in [1.807, 2.05) is 18.2 Å². The summed E-state index contributed by atoms with van der Waals surface area (Å²) >= 11 is 0. The highest BCUT2D eigenvalue weighted by Crippen LogP contribution is 2.34. The Kier molecular flexibility index (Phi) is 3.43. The zero-order valence-corrected chi connectivity index (χ0v) is 13.0. The summed E-state index contributed by atoms with van der Waals surface area (Å²) < 4.78 is 41.0. The molecule has 0 bridgehead atoms. The summed E-state index contributed by atoms with van der Waals surface area (Å²) in [6.07, 6.45) is -4.72. The normalized spacial score (nSPS) is 12.0. The maximum absolute atomic E-state index is 13.5. The molecule has 0 amide bonds. The minimum absolute atomic E-state index is 0.0958. The number of benzene rings is 2. The van der Waals surface area contributed by atoms with Gasteiger partial charge in [-0.3, -0.25) is 0 Å². The average molecular weight is 357 g/mol. The highest BCUT2D eigenvalue weighted by molar-refractivity contribution is 5.96. The number of rotatable bonds is 2. The monoisotopic (exact) mass is 357 g/mol. The molecule has 2 aromatic carbocycles. The number of hydrogen-bond donors (Lipinski definition) is 1. The third-order valence-electron chi connectivity index (χ3n) is 4.00. The summed E-state index contributed by atoms with van der Waals surface area (Å²) in [5.74, 6) is -1.42. The Balaban J connectivity index is 2.06. The van der Waals surface area contributed by atoms with Crippen molar-refractivity contribution in [2.24, 2.45) is 0 Å². The van der Waals surface area contributed by atoms with Crippen LogP contribution in [-0.2, 0) is 6.18 Å². The summed E-state index contributed by atoms with van der Waals surface area (Å²) in [4.78, 5) is 15.3. The Hall–Kier alpha value is -3.42. The molecule has 130 valence electrons. The van der Waals surface area contributed by atoms with Crippen molar-refractivity contribution in [2.75, 3.05) is 0 Å². The van der Waals surface area contributed by atoms with E-state index in [1.54, 1.807) is 24.3 Å². The number of carboxylic acids is 1. The van der Waals surface area contributed by atoms with Crippen LogP contribution in [0.2, 0.25) is 0 Å². The lowest BCUT2D eigenvalue weighted by Gasteiger charge is -2.12. The van der Waals surface area contributed by atoms with Crippen LogP contribution in [0.1, 0.15) is 16.2 Å². The molecule has 0 atom stereocenters. The van der Waals surface area contributed by atoms with Gasteiger partial charge in [0.2, 0.25) is 0 Å². The van der Waals surface area contributed by atoms with Gasteiger partial charge in [0, 0.05) is 11.6 Å². The first-order chi connectivity index (χ1) is 12.3. The molecule has 0 fully saturated rings. The van der Waals surface area contributed by atoms with E-state index >= 15 is 0 Å². The van der Waals surface area contributed by atoms with Gasteiger partial charge in [-0.1, -0.05) is 42.5 Å². The number of fused-ring (bicyclic) bond motifs is 2. The molecule has 0 aliphatic carbocycles. The Bertz CT molecular complexity index is 1160. The van der Waals surface area contributed by atoms with Crippen LogP contribution in [0.4, 0.5) is 13.2 Å². The van der Waals surface area contributed by atoms with E-state index < -0.39 is 23.5 Å². The molecular weight excluding hydrogens is 347 g/mol. The molecule has 0 saturated carbocycles. The van der Waals surface area contributed by atoms with Crippen molar-refractivity contribution in [3.05, 3.63) is 66.0 Å². The topological polar surface area (TPSA) is 67.5 Å². The lowest BCUT2D eigenvalue weighted by molar-refractivity contribution is -0.142. The second-order valence-electron chi connectivity index (χ2n) is 5.66. The number of aromatic carboxylic acids is 1. The van der Waals surface area contributed by atoms with E-state index in [2.05, 4.69) is 10.1 Å². The molecule has 0 spiro atoms. The number of halogens is 3. The van der Waals surface area contributed by atoms with Gasteiger partial charge in [0.25, 0.3) is 0 Å². The molecule has 1 N–H and O–H groups in total. The predicted molar refractivity (Wildman–Crippen MR) is 87.9 cm³/mol. The molecule has 8 heteroatoms. The smallest absolute Gasteiger partial charge is 0.433 e. The second kappa shape index (κ2) is 5.55. The van der Waals surface area contributed by atoms with Crippen LogP contribution < -0.4 is 0 Å². The van der Waals surface area contributed by atoms with Crippen LogP contribution in [0, 0.1) is 0 Å². The number of alkyl halides is 3. The van der Waals surface area contributed by atoms with Crippen LogP contribution in [0.25, 0.3) is 27.7 Å². The van der Waals surface area contributed by atoms with Crippen LogP contribution in [0.3, 0.4) is 0 Å². The molecule has 0 unspecified atom stereocenters. The molecule has 0 saturated heterocycles. The highest BCUT2D eigenvalue weighted by atomic mass is 19.4. The van der Waals surface area contributed by atoms with Crippen molar-refractivity contribution in [1.82, 2.24) is 14.6 Å². The molecule has 2 aromatic heterocycles. The zero-order chi connectivity index (χ0) is 18.5. The lowest BCUT2D eigenvalue weighted by atomic mass is 10.0. The van der Waals surface area contributed by atoms with Gasteiger partial charge in [-0.25, -0.2) is 14.3 Å². The van der Waals surface area contributed by atoms with Gasteiger partial charge in [-0.2, -0.15) is 18.3 Å². The van der Waals surface area contributed by atoms with E-state index in [0.717, 1.165) is 22.9 Å². The largest absolute Gasteiger partial charge is 0.476 e. The fraction of sp³-hybridized carbons (Fsp3) is 0.0556. The van der Waals surface area contributed by atoms with Crippen LogP contribution in [-0.4, -0.2) is 25.7 Å². The summed E-state index contributed by atoms with van der Waals surface area (Å²) in [7, 11) is 0. The number of carboxylic acid groups (broad SMARTS) is 1. The Morgan fingerprint density at radius 1 is 1.04 bits per heavy atom. The molecule has 0 aliphatic heterocycles. The summed E-state index contributed by atoms with van der Waals surface area (Å²) in [6.45, 7) is 0. The van der Waals surface area contributed by atoms with E-state index in [9.17, 15) is 18.0 Å². The van der Waals surface area contributed by atoms with Crippen molar-refractivity contribution in [2.45, 2.75) is 6.18 Å². The van der Waals surface area contributed by atoms with Crippen molar-refractivity contribution in [3.8, 4) is 11.3 Å². The van der Waals surface area contributed by atoms with Crippen LogP contribution in [0.5, 0.6) is 0 Å². The van der Waals surface area contributed by atoms with Gasteiger partial charge < -0.3 is 5.11 Å². The van der Waals surface area contributed by atoms with Crippen molar-refractivity contribution >= 4 is 22.4 Å². The maximum atomic E-state index is 13.5. The maximum Gasteiger partial charge on any atom is 0.433 e. The van der Waals surface area contributed by atoms with Crippen LogP contribution >= 0.6 is 0 Å². The van der Waals surface area contributed by atoms with Crippen LogP contribution in [0.15, 0.2) is 54.6 Å². The van der Waals surface area contributed by atoms with Gasteiger partial charge in [0.1, 0.15) is 0 Å². The fourth-order valence-corrected chi connectivity index (χ4v) is 2.87. The summed E-state index contributed by atoms with van der Waals surface area (Å²) in [5.41, 5.74) is -1.15. The molecule has 26 heavy (non-hydrogen) atoms. The molecule has 2 heterocycles. The standard InChI is InChI=1S/C18H10F3N3O2/c19-18(20,21)15-8-13(22-16-9-14(17(25)26)23-24(15)16)12-7-3-5-10-4-1-2-6-11(10)12/h1-9H,(H,25,26). The SMILES string of the molecule is O=C(O)c1cc2nc(-c3cccc4ccccc34)cc(C(F)(F)F)n2n1. The van der Waals surface area contributed by atoms with Crippen molar-refractivity contribution in [1.29, 1.82) is 0 Å². The third-order valence-corrected chi connectivity index (χ3v) is 4.00. The van der Waals surface area contributed by atoms with E-state index in [-0.39, 0.29) is 11.3 Å². The van der Waals surface area contributed by atoms with Gasteiger partial charge in [0.05, 0.1) is 5.69 Å². The minimum Gasteiger partial charge on any atom is -0.476 e. The Morgan fingerprint density at radius 2 is 1.77 bits per heavy atom. The van der Waals surface area contributed by atoms with Gasteiger partial charge in [-0.05, 0) is 16.8 Å². The Labute approximate surface area is 144 Å². The third kappa shape index (κ3) is 2.55. The zero-order valence-electron chi connectivity index (χ0n) is 13.0. The number of hydrogen-bond acceptors (Lipinski definition) is 3. The average Bonchev–Trinajstić information content (AvgIpc) is 3.04.